The van der Waals surface area contributed by atoms with Crippen LogP contribution in [0.4, 0.5) is 10.5 Å². The maximum Gasteiger partial charge on any atom is 0.338 e. The molecule has 132 valence electrons. The van der Waals surface area contributed by atoms with Gasteiger partial charge in [-0.3, -0.25) is 4.90 Å². The van der Waals surface area contributed by atoms with Gasteiger partial charge in [-0.25, -0.2) is 17.5 Å². The van der Waals surface area contributed by atoms with Gasteiger partial charge in [-0.05, 0) is 49.7 Å². The van der Waals surface area contributed by atoms with E-state index in [1.807, 2.05) is 13.8 Å². The molecule has 2 amide bonds. The third-order valence-electron chi connectivity index (χ3n) is 4.98. The van der Waals surface area contributed by atoms with Crippen LogP contribution in [0.2, 0.25) is 0 Å². The van der Waals surface area contributed by atoms with E-state index < -0.39 is 10.0 Å². The van der Waals surface area contributed by atoms with Crippen LogP contribution in [-0.4, -0.2) is 31.3 Å². The van der Waals surface area contributed by atoms with E-state index in [2.05, 4.69) is 6.92 Å². The standard InChI is InChI=1S/C18H26N2O3S/c1-13(2)12-19-16-6-4-5-7-17(16)24(22,23)20(18(19)21)15-10-8-14(3)9-11-15/h4-7,13-15H,8-12H2,1-3H3. The first-order valence-corrected chi connectivity index (χ1v) is 10.2. The molecule has 0 atom stereocenters. The summed E-state index contributed by atoms with van der Waals surface area (Å²) in [6.07, 6.45) is 3.44. The predicted octanol–water partition coefficient (Wildman–Crippen LogP) is 3.85. The Labute approximate surface area is 144 Å². The molecule has 0 bridgehead atoms. The monoisotopic (exact) mass is 350 g/mol. The van der Waals surface area contributed by atoms with Crippen molar-refractivity contribution in [1.29, 1.82) is 0 Å². The van der Waals surface area contributed by atoms with Crippen molar-refractivity contribution in [2.24, 2.45) is 11.8 Å². The molecule has 5 nitrogen and oxygen atoms in total. The van der Waals surface area contributed by atoms with E-state index in [0.29, 0.717) is 18.2 Å². The maximum absolute atomic E-state index is 13.1. The molecule has 1 heterocycles. The van der Waals surface area contributed by atoms with Crippen LogP contribution in [0, 0.1) is 11.8 Å². The van der Waals surface area contributed by atoms with Crippen LogP contribution >= 0.6 is 0 Å². The molecule has 0 N–H and O–H groups in total. The van der Waals surface area contributed by atoms with E-state index in [1.165, 1.54) is 4.31 Å². The quantitative estimate of drug-likeness (QED) is 0.832. The third-order valence-corrected chi connectivity index (χ3v) is 6.85. The number of para-hydroxylation sites is 1. The van der Waals surface area contributed by atoms with Crippen molar-refractivity contribution < 1.29 is 13.2 Å². The van der Waals surface area contributed by atoms with Crippen LogP contribution in [0.5, 0.6) is 0 Å². The zero-order valence-corrected chi connectivity index (χ0v) is 15.4. The molecule has 6 heteroatoms. The Hall–Kier alpha value is -1.56. The van der Waals surface area contributed by atoms with Gasteiger partial charge in [0, 0.05) is 6.54 Å². The van der Waals surface area contributed by atoms with E-state index in [4.69, 9.17) is 0 Å². The molecule has 0 spiro atoms. The summed E-state index contributed by atoms with van der Waals surface area (Å²) in [7, 11) is -3.78. The van der Waals surface area contributed by atoms with Crippen molar-refractivity contribution in [3.05, 3.63) is 24.3 Å². The number of sulfonamides is 1. The Balaban J connectivity index is 2.05. The van der Waals surface area contributed by atoms with Crippen LogP contribution in [0.3, 0.4) is 0 Å². The summed E-state index contributed by atoms with van der Waals surface area (Å²) >= 11 is 0. The summed E-state index contributed by atoms with van der Waals surface area (Å²) in [5, 5.41) is 0. The summed E-state index contributed by atoms with van der Waals surface area (Å²) in [5.41, 5.74) is 0.511. The average Bonchev–Trinajstić information content (AvgIpc) is 2.53. The van der Waals surface area contributed by atoms with E-state index >= 15 is 0 Å². The lowest BCUT2D eigenvalue weighted by atomic mass is 9.87. The van der Waals surface area contributed by atoms with Crippen molar-refractivity contribution in [3.63, 3.8) is 0 Å². The van der Waals surface area contributed by atoms with E-state index in [0.717, 1.165) is 25.7 Å². The topological polar surface area (TPSA) is 57.7 Å². The minimum atomic E-state index is -3.78. The lowest BCUT2D eigenvalue weighted by Crippen LogP contribution is -2.56. The Morgan fingerprint density at radius 2 is 1.75 bits per heavy atom. The van der Waals surface area contributed by atoms with Gasteiger partial charge in [-0.1, -0.05) is 32.9 Å². The lowest BCUT2D eigenvalue weighted by molar-refractivity contribution is 0.194. The van der Waals surface area contributed by atoms with E-state index in [1.54, 1.807) is 29.2 Å². The molecular weight excluding hydrogens is 324 g/mol. The third kappa shape index (κ3) is 2.92. The Kier molecular flexibility index (Phi) is 4.60. The number of rotatable bonds is 3. The van der Waals surface area contributed by atoms with Crippen molar-refractivity contribution in [2.75, 3.05) is 11.4 Å². The van der Waals surface area contributed by atoms with E-state index in [9.17, 15) is 13.2 Å². The number of benzene rings is 1. The molecule has 2 aliphatic rings. The first-order chi connectivity index (χ1) is 11.3. The second kappa shape index (κ2) is 6.39. The van der Waals surface area contributed by atoms with Crippen molar-refractivity contribution in [3.8, 4) is 0 Å². The summed E-state index contributed by atoms with van der Waals surface area (Å²) in [6, 6.07) is 6.24. The van der Waals surface area contributed by atoms with E-state index in [-0.39, 0.29) is 22.9 Å². The first kappa shape index (κ1) is 17.3. The van der Waals surface area contributed by atoms with Crippen LogP contribution < -0.4 is 4.90 Å². The highest BCUT2D eigenvalue weighted by molar-refractivity contribution is 7.90. The SMILES string of the molecule is CC(C)CN1C(=O)N(C2CCC(C)CC2)S(=O)(=O)c2ccccc21. The highest BCUT2D eigenvalue weighted by Gasteiger charge is 2.45. The fraction of sp³-hybridized carbons (Fsp3) is 0.611. The zero-order chi connectivity index (χ0) is 17.5. The Morgan fingerprint density at radius 3 is 2.38 bits per heavy atom. The fourth-order valence-corrected chi connectivity index (χ4v) is 5.51. The van der Waals surface area contributed by atoms with Crippen LogP contribution in [0.25, 0.3) is 0 Å². The van der Waals surface area contributed by atoms with Gasteiger partial charge in [0.25, 0.3) is 10.0 Å². The largest absolute Gasteiger partial charge is 0.338 e. The average molecular weight is 350 g/mol. The summed E-state index contributed by atoms with van der Waals surface area (Å²) in [6.45, 7) is 6.77. The van der Waals surface area contributed by atoms with Crippen LogP contribution in [0.15, 0.2) is 29.2 Å². The zero-order valence-electron chi connectivity index (χ0n) is 14.6. The number of hydrogen-bond acceptors (Lipinski definition) is 3. The Morgan fingerprint density at radius 1 is 1.12 bits per heavy atom. The minimum absolute atomic E-state index is 0.221. The van der Waals surface area contributed by atoms with Crippen LogP contribution in [-0.2, 0) is 10.0 Å². The van der Waals surface area contributed by atoms with Gasteiger partial charge >= 0.3 is 6.03 Å². The van der Waals surface area contributed by atoms with Gasteiger partial charge in [0.15, 0.2) is 0 Å². The number of nitrogens with zero attached hydrogens (tertiary/aromatic N) is 2. The normalized spacial score (nSPS) is 26.6. The highest BCUT2D eigenvalue weighted by atomic mass is 32.2. The molecule has 24 heavy (non-hydrogen) atoms. The van der Waals surface area contributed by atoms with Crippen LogP contribution in [0.1, 0.15) is 46.5 Å². The first-order valence-electron chi connectivity index (χ1n) is 8.77. The second-order valence-electron chi connectivity index (χ2n) is 7.47. The number of anilines is 1. The summed E-state index contributed by atoms with van der Waals surface area (Å²) in [5.74, 6) is 0.860. The maximum atomic E-state index is 13.1. The summed E-state index contributed by atoms with van der Waals surface area (Å²) in [4.78, 5) is 15.0. The molecular formula is C18H26N2O3S. The smallest absolute Gasteiger partial charge is 0.292 e. The number of carbonyl (C=O) groups excluding carboxylic acids is 1. The lowest BCUT2D eigenvalue weighted by Gasteiger charge is -2.42. The van der Waals surface area contributed by atoms with Crippen molar-refractivity contribution in [2.45, 2.75) is 57.4 Å². The molecule has 1 fully saturated rings. The fourth-order valence-electron chi connectivity index (χ4n) is 3.70. The molecule has 0 radical (unpaired) electrons. The Bertz CT molecular complexity index is 722. The molecule has 1 aliphatic heterocycles. The van der Waals surface area contributed by atoms with Gasteiger partial charge in [0.05, 0.1) is 11.7 Å². The van der Waals surface area contributed by atoms with Crippen molar-refractivity contribution >= 4 is 21.7 Å². The van der Waals surface area contributed by atoms with Gasteiger partial charge in [-0.15, -0.1) is 0 Å². The molecule has 1 aromatic rings. The molecule has 0 saturated heterocycles. The molecule has 0 unspecified atom stereocenters. The number of amides is 2. The molecule has 3 rings (SSSR count). The highest BCUT2D eigenvalue weighted by Crippen LogP contribution is 2.39. The van der Waals surface area contributed by atoms with Gasteiger partial charge in [0.1, 0.15) is 4.90 Å². The van der Waals surface area contributed by atoms with Gasteiger partial charge in [-0.2, -0.15) is 0 Å². The minimum Gasteiger partial charge on any atom is -0.292 e. The van der Waals surface area contributed by atoms with Gasteiger partial charge < -0.3 is 0 Å². The predicted molar refractivity (Wildman–Crippen MR) is 94.5 cm³/mol. The number of fused-ring (bicyclic) bond motifs is 1. The molecule has 0 aromatic heterocycles. The molecule has 1 aromatic carbocycles. The number of urea groups is 1. The molecule has 1 saturated carbocycles. The molecule has 1 aliphatic carbocycles. The van der Waals surface area contributed by atoms with Crippen molar-refractivity contribution in [1.82, 2.24) is 4.31 Å². The number of carbonyl (C=O) groups is 1. The number of hydrogen-bond donors (Lipinski definition) is 0. The summed E-state index contributed by atoms with van der Waals surface area (Å²) < 4.78 is 27.4. The van der Waals surface area contributed by atoms with Gasteiger partial charge in [0.2, 0.25) is 0 Å². The second-order valence-corrected chi connectivity index (χ2v) is 9.25.